The van der Waals surface area contributed by atoms with Crippen molar-refractivity contribution in [2.24, 2.45) is 0 Å². The Balaban J connectivity index is 2.24. The molecule has 1 aliphatic rings. The Kier molecular flexibility index (Phi) is 4.67. The molecule has 1 rings (SSSR count). The first-order chi connectivity index (χ1) is 5.29. The van der Waals surface area contributed by atoms with E-state index in [4.69, 9.17) is 0 Å². The number of hydrogen-bond donors (Lipinski definition) is 2. The van der Waals surface area contributed by atoms with Crippen molar-refractivity contribution in [3.05, 3.63) is 0 Å². The van der Waals surface area contributed by atoms with Crippen LogP contribution in [0.2, 0.25) is 0 Å². The van der Waals surface area contributed by atoms with Gasteiger partial charge in [-0.3, -0.25) is 0 Å². The summed E-state index contributed by atoms with van der Waals surface area (Å²) in [7, 11) is 3.32. The van der Waals surface area contributed by atoms with E-state index in [0.29, 0.717) is 0 Å². The van der Waals surface area contributed by atoms with Crippen molar-refractivity contribution >= 4 is 21.6 Å². The molecule has 0 bridgehead atoms. The summed E-state index contributed by atoms with van der Waals surface area (Å²) in [5, 5.41) is 18.6. The van der Waals surface area contributed by atoms with E-state index in [-0.39, 0.29) is 12.2 Å². The zero-order valence-electron chi connectivity index (χ0n) is 6.40. The van der Waals surface area contributed by atoms with E-state index in [9.17, 15) is 10.2 Å². The van der Waals surface area contributed by atoms with E-state index in [1.165, 1.54) is 0 Å². The molecule has 0 saturated carbocycles. The van der Waals surface area contributed by atoms with Crippen LogP contribution in [0.4, 0.5) is 0 Å². The fourth-order valence-corrected chi connectivity index (χ4v) is 3.37. The molecule has 0 aromatic carbocycles. The molecule has 0 radical (unpaired) electrons. The lowest BCUT2D eigenvalue weighted by atomic mass is 10.1. The summed E-state index contributed by atoms with van der Waals surface area (Å²) >= 11 is 0. The van der Waals surface area contributed by atoms with Gasteiger partial charge < -0.3 is 10.2 Å². The van der Waals surface area contributed by atoms with Crippen LogP contribution in [0, 0.1) is 0 Å². The van der Waals surface area contributed by atoms with Gasteiger partial charge in [0.05, 0.1) is 12.2 Å². The highest BCUT2D eigenvalue weighted by molar-refractivity contribution is 8.76. The van der Waals surface area contributed by atoms with Crippen LogP contribution in [0.1, 0.15) is 19.3 Å². The summed E-state index contributed by atoms with van der Waals surface area (Å²) in [4.78, 5) is 0. The summed E-state index contributed by atoms with van der Waals surface area (Å²) in [5.74, 6) is 1.61. The van der Waals surface area contributed by atoms with Crippen LogP contribution in [0.15, 0.2) is 0 Å². The highest BCUT2D eigenvalue weighted by Gasteiger charge is 2.11. The van der Waals surface area contributed by atoms with Crippen molar-refractivity contribution in [2.75, 3.05) is 11.5 Å². The second-order valence-electron chi connectivity index (χ2n) is 2.81. The van der Waals surface area contributed by atoms with Crippen molar-refractivity contribution in [1.82, 2.24) is 0 Å². The minimum Gasteiger partial charge on any atom is -0.392 e. The molecule has 1 fully saturated rings. The van der Waals surface area contributed by atoms with Crippen molar-refractivity contribution in [3.8, 4) is 0 Å². The predicted octanol–water partition coefficient (Wildman–Crippen LogP) is 1.27. The standard InChI is InChI=1S/C7H14O2S2/c8-6-2-1-3-7(9)5-11-10-4-6/h6-9H,1-5H2. The Morgan fingerprint density at radius 3 is 1.82 bits per heavy atom. The second-order valence-corrected chi connectivity index (χ2v) is 5.36. The van der Waals surface area contributed by atoms with Gasteiger partial charge in [-0.25, -0.2) is 0 Å². The van der Waals surface area contributed by atoms with Crippen molar-refractivity contribution in [3.63, 3.8) is 0 Å². The molecule has 66 valence electrons. The minimum absolute atomic E-state index is 0.169. The van der Waals surface area contributed by atoms with Crippen molar-refractivity contribution in [2.45, 2.75) is 31.5 Å². The van der Waals surface area contributed by atoms with Crippen LogP contribution in [-0.2, 0) is 0 Å². The molecule has 1 saturated heterocycles. The van der Waals surface area contributed by atoms with Crippen molar-refractivity contribution in [1.29, 1.82) is 0 Å². The fraction of sp³-hybridized carbons (Fsp3) is 1.00. The zero-order chi connectivity index (χ0) is 8.10. The van der Waals surface area contributed by atoms with Crippen LogP contribution in [-0.4, -0.2) is 33.9 Å². The molecular weight excluding hydrogens is 180 g/mol. The maximum Gasteiger partial charge on any atom is 0.0639 e. The van der Waals surface area contributed by atoms with E-state index >= 15 is 0 Å². The number of aliphatic hydroxyl groups excluding tert-OH is 2. The predicted molar refractivity (Wildman–Crippen MR) is 50.8 cm³/mol. The lowest BCUT2D eigenvalue weighted by Gasteiger charge is -2.06. The Labute approximate surface area is 75.2 Å². The smallest absolute Gasteiger partial charge is 0.0639 e. The summed E-state index contributed by atoms with van der Waals surface area (Å²) in [6, 6.07) is 0. The third-order valence-electron chi connectivity index (χ3n) is 1.68. The van der Waals surface area contributed by atoms with E-state index in [0.717, 1.165) is 30.8 Å². The summed E-state index contributed by atoms with van der Waals surface area (Å²) in [6.07, 6.45) is 2.29. The molecule has 4 heteroatoms. The third kappa shape index (κ3) is 4.25. The average molecular weight is 194 g/mol. The van der Waals surface area contributed by atoms with Gasteiger partial charge in [-0.05, 0) is 19.3 Å². The molecule has 0 amide bonds. The highest BCUT2D eigenvalue weighted by Crippen LogP contribution is 2.26. The van der Waals surface area contributed by atoms with Gasteiger partial charge in [0.15, 0.2) is 0 Å². The molecule has 11 heavy (non-hydrogen) atoms. The Bertz CT molecular complexity index is 98.6. The van der Waals surface area contributed by atoms with Crippen LogP contribution in [0.5, 0.6) is 0 Å². The maximum atomic E-state index is 9.31. The van der Waals surface area contributed by atoms with E-state index < -0.39 is 0 Å². The fourth-order valence-electron chi connectivity index (χ4n) is 1.01. The first-order valence-electron chi connectivity index (χ1n) is 3.89. The van der Waals surface area contributed by atoms with Crippen LogP contribution >= 0.6 is 21.6 Å². The lowest BCUT2D eigenvalue weighted by molar-refractivity contribution is 0.159. The van der Waals surface area contributed by atoms with E-state index in [1.54, 1.807) is 21.6 Å². The summed E-state index contributed by atoms with van der Waals surface area (Å²) in [6.45, 7) is 0. The molecule has 2 unspecified atom stereocenters. The Morgan fingerprint density at radius 2 is 1.36 bits per heavy atom. The SMILES string of the molecule is OC1CCCC(O)CSSC1. The van der Waals surface area contributed by atoms with Gasteiger partial charge in [0.1, 0.15) is 0 Å². The van der Waals surface area contributed by atoms with Gasteiger partial charge in [-0.15, -0.1) is 0 Å². The Hall–Kier alpha value is 0.620. The number of aliphatic hydroxyl groups is 2. The molecule has 0 aromatic heterocycles. The minimum atomic E-state index is -0.169. The largest absolute Gasteiger partial charge is 0.392 e. The topological polar surface area (TPSA) is 40.5 Å². The summed E-state index contributed by atoms with van der Waals surface area (Å²) in [5.41, 5.74) is 0. The second kappa shape index (κ2) is 5.30. The quantitative estimate of drug-likeness (QED) is 0.570. The van der Waals surface area contributed by atoms with Crippen LogP contribution in [0.25, 0.3) is 0 Å². The average Bonchev–Trinajstić information content (AvgIpc) is 2.04. The molecule has 1 heterocycles. The van der Waals surface area contributed by atoms with Gasteiger partial charge in [0, 0.05) is 11.5 Å². The normalized spacial score (nSPS) is 35.5. The van der Waals surface area contributed by atoms with Crippen LogP contribution in [0.3, 0.4) is 0 Å². The van der Waals surface area contributed by atoms with E-state index in [1.807, 2.05) is 0 Å². The molecule has 2 atom stereocenters. The van der Waals surface area contributed by atoms with Gasteiger partial charge in [0.25, 0.3) is 0 Å². The van der Waals surface area contributed by atoms with Crippen molar-refractivity contribution < 1.29 is 10.2 Å². The molecule has 0 aromatic rings. The number of rotatable bonds is 0. The van der Waals surface area contributed by atoms with Crippen LogP contribution < -0.4 is 0 Å². The monoisotopic (exact) mass is 194 g/mol. The summed E-state index contributed by atoms with van der Waals surface area (Å²) < 4.78 is 0. The zero-order valence-corrected chi connectivity index (χ0v) is 8.03. The third-order valence-corrected chi connectivity index (χ3v) is 4.20. The first-order valence-corrected chi connectivity index (χ1v) is 6.38. The van der Waals surface area contributed by atoms with Gasteiger partial charge in [-0.2, -0.15) is 0 Å². The molecule has 0 aliphatic carbocycles. The van der Waals surface area contributed by atoms with Gasteiger partial charge in [-0.1, -0.05) is 21.6 Å². The Morgan fingerprint density at radius 1 is 0.909 bits per heavy atom. The number of hydrogen-bond acceptors (Lipinski definition) is 4. The molecular formula is C7H14O2S2. The molecule has 0 spiro atoms. The molecule has 2 nitrogen and oxygen atoms in total. The first kappa shape index (κ1) is 9.71. The molecule has 1 aliphatic heterocycles. The van der Waals surface area contributed by atoms with E-state index in [2.05, 4.69) is 0 Å². The maximum absolute atomic E-state index is 9.31. The van der Waals surface area contributed by atoms with Gasteiger partial charge >= 0.3 is 0 Å². The molecule has 2 N–H and O–H groups in total. The van der Waals surface area contributed by atoms with Gasteiger partial charge in [0.2, 0.25) is 0 Å². The lowest BCUT2D eigenvalue weighted by Crippen LogP contribution is -2.10. The highest BCUT2D eigenvalue weighted by atomic mass is 33.1.